The van der Waals surface area contributed by atoms with E-state index in [4.69, 9.17) is 5.26 Å². The SMILES string of the molecule is C[C@H]1Cn2ncc(C(=O)Nc3cccc(C#N)c3)c2C(=O)N1c1ccc(C=O)cc1. The molecule has 8 nitrogen and oxygen atoms in total. The van der Waals surface area contributed by atoms with E-state index in [9.17, 15) is 14.4 Å². The van der Waals surface area contributed by atoms with E-state index in [1.165, 1.54) is 10.9 Å². The first-order valence-electron chi connectivity index (χ1n) is 9.28. The van der Waals surface area contributed by atoms with Gasteiger partial charge < -0.3 is 10.2 Å². The van der Waals surface area contributed by atoms with E-state index < -0.39 is 5.91 Å². The minimum absolute atomic E-state index is 0.156. The van der Waals surface area contributed by atoms with Crippen molar-refractivity contribution < 1.29 is 14.4 Å². The largest absolute Gasteiger partial charge is 0.322 e. The summed E-state index contributed by atoms with van der Waals surface area (Å²) in [5, 5.41) is 16.0. The molecule has 4 rings (SSSR count). The summed E-state index contributed by atoms with van der Waals surface area (Å²) in [5.41, 5.74) is 2.38. The van der Waals surface area contributed by atoms with Gasteiger partial charge in [-0.2, -0.15) is 10.4 Å². The van der Waals surface area contributed by atoms with Gasteiger partial charge in [0.15, 0.2) is 0 Å². The van der Waals surface area contributed by atoms with Crippen molar-refractivity contribution in [1.29, 1.82) is 5.26 Å². The Morgan fingerprint density at radius 3 is 2.73 bits per heavy atom. The Kier molecular flexibility index (Phi) is 4.86. The number of fused-ring (bicyclic) bond motifs is 1. The summed E-state index contributed by atoms with van der Waals surface area (Å²) < 4.78 is 1.53. The summed E-state index contributed by atoms with van der Waals surface area (Å²) in [7, 11) is 0. The van der Waals surface area contributed by atoms with Gasteiger partial charge in [-0.15, -0.1) is 0 Å². The second-order valence-corrected chi connectivity index (χ2v) is 6.97. The number of aldehydes is 1. The summed E-state index contributed by atoms with van der Waals surface area (Å²) in [5.74, 6) is -0.827. The van der Waals surface area contributed by atoms with Gasteiger partial charge in [0.05, 0.1) is 36.0 Å². The molecule has 1 aliphatic heterocycles. The predicted molar refractivity (Wildman–Crippen MR) is 109 cm³/mol. The maximum absolute atomic E-state index is 13.3. The summed E-state index contributed by atoms with van der Waals surface area (Å²) in [6.45, 7) is 2.32. The Morgan fingerprint density at radius 2 is 2.03 bits per heavy atom. The molecule has 0 spiro atoms. The van der Waals surface area contributed by atoms with Crippen molar-refractivity contribution in [2.45, 2.75) is 19.5 Å². The molecule has 2 aromatic carbocycles. The molecule has 2 amide bonds. The Hall–Kier alpha value is -4.25. The third kappa shape index (κ3) is 3.33. The van der Waals surface area contributed by atoms with Crippen LogP contribution in [0.3, 0.4) is 0 Å². The van der Waals surface area contributed by atoms with Crippen molar-refractivity contribution >= 4 is 29.5 Å². The number of amides is 2. The third-order valence-corrected chi connectivity index (χ3v) is 4.94. The molecule has 3 aromatic rings. The summed E-state index contributed by atoms with van der Waals surface area (Å²) in [6.07, 6.45) is 2.12. The molecule has 0 saturated heterocycles. The molecule has 1 aliphatic rings. The number of nitrogens with one attached hydrogen (secondary N) is 1. The topological polar surface area (TPSA) is 108 Å². The highest BCUT2D eigenvalue weighted by atomic mass is 16.2. The van der Waals surface area contributed by atoms with Gasteiger partial charge in [0.25, 0.3) is 11.8 Å². The van der Waals surface area contributed by atoms with Crippen LogP contribution in [0.4, 0.5) is 11.4 Å². The second kappa shape index (κ2) is 7.64. The van der Waals surface area contributed by atoms with E-state index >= 15 is 0 Å². The number of hydrogen-bond donors (Lipinski definition) is 1. The molecule has 1 N–H and O–H groups in total. The van der Waals surface area contributed by atoms with Gasteiger partial charge in [-0.1, -0.05) is 6.07 Å². The lowest BCUT2D eigenvalue weighted by Gasteiger charge is -2.34. The van der Waals surface area contributed by atoms with Crippen molar-refractivity contribution in [2.75, 3.05) is 10.2 Å². The van der Waals surface area contributed by atoms with Gasteiger partial charge in [-0.05, 0) is 49.4 Å². The van der Waals surface area contributed by atoms with Crippen LogP contribution in [0.1, 0.15) is 43.7 Å². The molecule has 1 atom stereocenters. The highest BCUT2D eigenvalue weighted by Gasteiger charge is 2.35. The first-order chi connectivity index (χ1) is 14.5. The highest BCUT2D eigenvalue weighted by Crippen LogP contribution is 2.27. The van der Waals surface area contributed by atoms with Crippen LogP contribution in [0, 0.1) is 11.3 Å². The van der Waals surface area contributed by atoms with Crippen LogP contribution in [0.25, 0.3) is 0 Å². The number of benzene rings is 2. The lowest BCUT2D eigenvalue weighted by atomic mass is 10.1. The number of anilines is 2. The number of nitriles is 1. The average molecular weight is 399 g/mol. The van der Waals surface area contributed by atoms with Crippen molar-refractivity contribution in [3.8, 4) is 6.07 Å². The fraction of sp³-hybridized carbons (Fsp3) is 0.136. The molecule has 0 unspecified atom stereocenters. The lowest BCUT2D eigenvalue weighted by molar-refractivity contribution is 0.0933. The van der Waals surface area contributed by atoms with Crippen LogP contribution < -0.4 is 10.2 Å². The van der Waals surface area contributed by atoms with Crippen molar-refractivity contribution in [3.05, 3.63) is 77.1 Å². The van der Waals surface area contributed by atoms with Crippen molar-refractivity contribution in [3.63, 3.8) is 0 Å². The maximum Gasteiger partial charge on any atom is 0.277 e. The molecule has 0 fully saturated rings. The Morgan fingerprint density at radius 1 is 1.27 bits per heavy atom. The van der Waals surface area contributed by atoms with Crippen LogP contribution in [0.5, 0.6) is 0 Å². The molecule has 30 heavy (non-hydrogen) atoms. The molecule has 0 aliphatic carbocycles. The van der Waals surface area contributed by atoms with Crippen LogP contribution in [-0.2, 0) is 6.54 Å². The van der Waals surface area contributed by atoms with E-state index in [0.29, 0.717) is 29.0 Å². The number of carbonyl (C=O) groups is 3. The van der Waals surface area contributed by atoms with Crippen LogP contribution >= 0.6 is 0 Å². The predicted octanol–water partition coefficient (Wildman–Crippen LogP) is 2.87. The highest BCUT2D eigenvalue weighted by molar-refractivity contribution is 6.15. The van der Waals surface area contributed by atoms with Crippen LogP contribution in [0.15, 0.2) is 54.7 Å². The number of hydrogen-bond acceptors (Lipinski definition) is 5. The zero-order chi connectivity index (χ0) is 21.3. The third-order valence-electron chi connectivity index (χ3n) is 4.94. The second-order valence-electron chi connectivity index (χ2n) is 6.97. The van der Waals surface area contributed by atoms with Crippen LogP contribution in [-0.4, -0.2) is 33.9 Å². The van der Waals surface area contributed by atoms with E-state index in [1.807, 2.05) is 13.0 Å². The first kappa shape index (κ1) is 19.1. The molecule has 148 valence electrons. The van der Waals surface area contributed by atoms with E-state index in [1.54, 1.807) is 53.4 Å². The van der Waals surface area contributed by atoms with Crippen LogP contribution in [0.2, 0.25) is 0 Å². The van der Waals surface area contributed by atoms with Gasteiger partial charge >= 0.3 is 0 Å². The summed E-state index contributed by atoms with van der Waals surface area (Å²) >= 11 is 0. The number of carbonyl (C=O) groups excluding carboxylic acids is 3. The normalized spacial score (nSPS) is 15.3. The average Bonchev–Trinajstić information content (AvgIpc) is 3.18. The number of nitrogens with zero attached hydrogens (tertiary/aromatic N) is 4. The molecule has 2 heterocycles. The Labute approximate surface area is 172 Å². The van der Waals surface area contributed by atoms with Gasteiger partial charge in [0.1, 0.15) is 12.0 Å². The van der Waals surface area contributed by atoms with Crippen molar-refractivity contribution in [1.82, 2.24) is 9.78 Å². The van der Waals surface area contributed by atoms with E-state index in [-0.39, 0.29) is 23.2 Å². The fourth-order valence-corrected chi connectivity index (χ4v) is 3.51. The molecule has 8 heteroatoms. The van der Waals surface area contributed by atoms with E-state index in [2.05, 4.69) is 10.4 Å². The maximum atomic E-state index is 13.3. The van der Waals surface area contributed by atoms with Gasteiger partial charge in [0.2, 0.25) is 0 Å². The summed E-state index contributed by atoms with van der Waals surface area (Å²) in [4.78, 5) is 38.6. The zero-order valence-corrected chi connectivity index (χ0v) is 16.1. The smallest absolute Gasteiger partial charge is 0.277 e. The Bertz CT molecular complexity index is 1190. The molecular formula is C22H17N5O3. The monoisotopic (exact) mass is 399 g/mol. The van der Waals surface area contributed by atoms with Gasteiger partial charge in [-0.25, -0.2) is 0 Å². The lowest BCUT2D eigenvalue weighted by Crippen LogP contribution is -2.47. The van der Waals surface area contributed by atoms with Gasteiger partial charge in [0, 0.05) is 16.9 Å². The van der Waals surface area contributed by atoms with Gasteiger partial charge in [-0.3, -0.25) is 19.1 Å². The molecule has 0 radical (unpaired) electrons. The molecule has 0 bridgehead atoms. The molecule has 0 saturated carbocycles. The minimum Gasteiger partial charge on any atom is -0.322 e. The molecule has 1 aromatic heterocycles. The summed E-state index contributed by atoms with van der Waals surface area (Å²) in [6, 6.07) is 15.1. The zero-order valence-electron chi connectivity index (χ0n) is 16.1. The Balaban J connectivity index is 1.65. The minimum atomic E-state index is -0.481. The number of aromatic nitrogens is 2. The first-order valence-corrected chi connectivity index (χ1v) is 9.28. The quantitative estimate of drug-likeness (QED) is 0.679. The number of rotatable bonds is 4. The van der Waals surface area contributed by atoms with E-state index in [0.717, 1.165) is 6.29 Å². The van der Waals surface area contributed by atoms with Crippen molar-refractivity contribution in [2.24, 2.45) is 0 Å². The molecular weight excluding hydrogens is 382 g/mol. The standard InChI is InChI=1S/C22H17N5O3/c1-14-12-26-20(22(30)27(14)18-7-5-15(13-28)6-8-18)19(11-24-26)21(29)25-17-4-2-3-16(9-17)10-23/h2-9,11,13-14H,12H2,1H3,(H,25,29)/t14-/m0/s1. The fourth-order valence-electron chi connectivity index (χ4n) is 3.51.